The molecule has 6 heteroatoms. The number of amides is 2. The van der Waals surface area contributed by atoms with Gasteiger partial charge in [-0.15, -0.1) is 0 Å². The number of carbonyl (C=O) groups is 2. The maximum atomic E-state index is 12.5. The van der Waals surface area contributed by atoms with Crippen molar-refractivity contribution >= 4 is 34.8 Å². The van der Waals surface area contributed by atoms with E-state index in [9.17, 15) is 9.59 Å². The third-order valence-electron chi connectivity index (χ3n) is 3.52. The third-order valence-corrected chi connectivity index (χ3v) is 3.83. The summed E-state index contributed by atoms with van der Waals surface area (Å²) in [5.74, 6) is -1.34. The highest BCUT2D eigenvalue weighted by Gasteiger charge is 2.24. The minimum atomic E-state index is -0.730. The number of anilines is 2. The SMILES string of the molecule is CC(C)N(Cc1ccccc1)C(=O)C(=O)Nc1ccc(N)cc1Cl. The molecule has 0 radical (unpaired) electrons. The quantitative estimate of drug-likeness (QED) is 0.659. The van der Waals surface area contributed by atoms with Crippen LogP contribution in [0.1, 0.15) is 19.4 Å². The zero-order valence-corrected chi connectivity index (χ0v) is 14.4. The molecule has 0 atom stereocenters. The Morgan fingerprint density at radius 2 is 1.83 bits per heavy atom. The number of nitrogens with zero attached hydrogens (tertiary/aromatic N) is 1. The minimum Gasteiger partial charge on any atom is -0.399 e. The molecule has 2 aromatic carbocycles. The molecule has 2 rings (SSSR count). The van der Waals surface area contributed by atoms with Crippen LogP contribution < -0.4 is 11.1 Å². The first-order valence-electron chi connectivity index (χ1n) is 7.59. The molecule has 0 fully saturated rings. The van der Waals surface area contributed by atoms with Gasteiger partial charge >= 0.3 is 11.8 Å². The molecule has 0 spiro atoms. The summed E-state index contributed by atoms with van der Waals surface area (Å²) < 4.78 is 0. The van der Waals surface area contributed by atoms with Gasteiger partial charge in [0, 0.05) is 18.3 Å². The fourth-order valence-corrected chi connectivity index (χ4v) is 2.44. The molecule has 0 heterocycles. The van der Waals surface area contributed by atoms with E-state index >= 15 is 0 Å². The van der Waals surface area contributed by atoms with Crippen LogP contribution in [0.2, 0.25) is 5.02 Å². The average Bonchev–Trinajstić information content (AvgIpc) is 2.55. The lowest BCUT2D eigenvalue weighted by Crippen LogP contribution is -2.43. The number of hydrogen-bond acceptors (Lipinski definition) is 3. The maximum Gasteiger partial charge on any atom is 0.313 e. The van der Waals surface area contributed by atoms with Crippen LogP contribution in [-0.2, 0) is 16.1 Å². The second-order valence-electron chi connectivity index (χ2n) is 5.71. The molecule has 126 valence electrons. The molecule has 0 aliphatic heterocycles. The normalized spacial score (nSPS) is 10.5. The van der Waals surface area contributed by atoms with E-state index < -0.39 is 11.8 Å². The van der Waals surface area contributed by atoms with Gasteiger partial charge < -0.3 is 16.0 Å². The molecule has 2 amide bonds. The monoisotopic (exact) mass is 345 g/mol. The molecular weight excluding hydrogens is 326 g/mol. The Morgan fingerprint density at radius 1 is 1.17 bits per heavy atom. The fourth-order valence-electron chi connectivity index (χ4n) is 2.21. The molecule has 0 saturated heterocycles. The lowest BCUT2D eigenvalue weighted by atomic mass is 10.2. The zero-order valence-electron chi connectivity index (χ0n) is 13.6. The molecule has 24 heavy (non-hydrogen) atoms. The summed E-state index contributed by atoms with van der Waals surface area (Å²) in [5, 5.41) is 2.83. The van der Waals surface area contributed by atoms with Gasteiger partial charge in [-0.1, -0.05) is 41.9 Å². The summed E-state index contributed by atoms with van der Waals surface area (Å²) in [5.41, 5.74) is 7.41. The van der Waals surface area contributed by atoms with Gasteiger partial charge in [-0.05, 0) is 37.6 Å². The predicted molar refractivity (Wildman–Crippen MR) is 96.6 cm³/mol. The van der Waals surface area contributed by atoms with Crippen LogP contribution >= 0.6 is 11.6 Å². The second kappa shape index (κ2) is 7.84. The summed E-state index contributed by atoms with van der Waals surface area (Å²) in [7, 11) is 0. The van der Waals surface area contributed by atoms with E-state index in [0.717, 1.165) is 5.56 Å². The molecule has 0 aromatic heterocycles. The summed E-state index contributed by atoms with van der Waals surface area (Å²) in [4.78, 5) is 26.3. The van der Waals surface area contributed by atoms with Crippen LogP contribution in [0.5, 0.6) is 0 Å². The largest absolute Gasteiger partial charge is 0.399 e. The third kappa shape index (κ3) is 4.49. The van der Waals surface area contributed by atoms with E-state index in [2.05, 4.69) is 5.32 Å². The molecule has 0 unspecified atom stereocenters. The minimum absolute atomic E-state index is 0.120. The smallest absolute Gasteiger partial charge is 0.313 e. The molecule has 0 bridgehead atoms. The summed E-state index contributed by atoms with van der Waals surface area (Å²) in [6.45, 7) is 4.09. The maximum absolute atomic E-state index is 12.5. The number of nitrogens with two attached hydrogens (primary N) is 1. The Balaban J connectivity index is 2.12. The Labute approximate surface area is 146 Å². The molecule has 0 aliphatic carbocycles. The van der Waals surface area contributed by atoms with Crippen LogP contribution in [0.3, 0.4) is 0 Å². The van der Waals surface area contributed by atoms with E-state index in [-0.39, 0.29) is 11.1 Å². The molecule has 5 nitrogen and oxygen atoms in total. The van der Waals surface area contributed by atoms with Crippen LogP contribution in [0, 0.1) is 0 Å². The average molecular weight is 346 g/mol. The van der Waals surface area contributed by atoms with E-state index in [4.69, 9.17) is 17.3 Å². The number of halogens is 1. The number of benzene rings is 2. The number of hydrogen-bond donors (Lipinski definition) is 2. The molecule has 0 saturated carbocycles. The first-order chi connectivity index (χ1) is 11.4. The van der Waals surface area contributed by atoms with Crippen molar-refractivity contribution in [1.82, 2.24) is 4.90 Å². The first kappa shape index (κ1) is 17.8. The summed E-state index contributed by atoms with van der Waals surface area (Å²) in [6, 6.07) is 14.1. The van der Waals surface area contributed by atoms with Crippen molar-refractivity contribution in [3.05, 3.63) is 59.1 Å². The number of carbonyl (C=O) groups excluding carboxylic acids is 2. The Bertz CT molecular complexity index is 732. The highest BCUT2D eigenvalue weighted by atomic mass is 35.5. The van der Waals surface area contributed by atoms with Crippen LogP contribution in [0.4, 0.5) is 11.4 Å². The van der Waals surface area contributed by atoms with Crippen molar-refractivity contribution in [2.24, 2.45) is 0 Å². The molecule has 3 N–H and O–H groups in total. The Morgan fingerprint density at radius 3 is 2.42 bits per heavy atom. The Kier molecular flexibility index (Phi) is 5.82. The fraction of sp³-hybridized carbons (Fsp3) is 0.222. The van der Waals surface area contributed by atoms with Gasteiger partial charge in [-0.2, -0.15) is 0 Å². The van der Waals surface area contributed by atoms with E-state index in [1.807, 2.05) is 44.2 Å². The number of nitrogen functional groups attached to an aromatic ring is 1. The van der Waals surface area contributed by atoms with Crippen LogP contribution in [-0.4, -0.2) is 22.8 Å². The number of nitrogens with one attached hydrogen (secondary N) is 1. The topological polar surface area (TPSA) is 75.4 Å². The van der Waals surface area contributed by atoms with Crippen molar-refractivity contribution in [3.63, 3.8) is 0 Å². The predicted octanol–water partition coefficient (Wildman–Crippen LogP) is 3.30. The van der Waals surface area contributed by atoms with Gasteiger partial charge in [-0.25, -0.2) is 0 Å². The summed E-state index contributed by atoms with van der Waals surface area (Å²) >= 11 is 6.03. The van der Waals surface area contributed by atoms with Gasteiger partial charge in [0.1, 0.15) is 0 Å². The molecule has 0 aliphatic rings. The lowest BCUT2D eigenvalue weighted by molar-refractivity contribution is -0.144. The standard InChI is InChI=1S/C18H20ClN3O2/c1-12(2)22(11-13-6-4-3-5-7-13)18(24)17(23)21-16-9-8-14(20)10-15(16)19/h3-10,12H,11,20H2,1-2H3,(H,21,23). The second-order valence-corrected chi connectivity index (χ2v) is 6.11. The first-order valence-corrected chi connectivity index (χ1v) is 7.97. The van der Waals surface area contributed by atoms with Gasteiger partial charge in [0.05, 0.1) is 10.7 Å². The van der Waals surface area contributed by atoms with Gasteiger partial charge in [0.25, 0.3) is 0 Å². The van der Waals surface area contributed by atoms with Gasteiger partial charge in [-0.3, -0.25) is 9.59 Å². The molecule has 2 aromatic rings. The summed E-state index contributed by atoms with van der Waals surface area (Å²) in [6.07, 6.45) is 0. The van der Waals surface area contributed by atoms with Gasteiger partial charge in [0.2, 0.25) is 0 Å². The van der Waals surface area contributed by atoms with E-state index in [0.29, 0.717) is 17.9 Å². The highest BCUT2D eigenvalue weighted by Crippen LogP contribution is 2.24. The van der Waals surface area contributed by atoms with Crippen molar-refractivity contribution in [2.45, 2.75) is 26.4 Å². The lowest BCUT2D eigenvalue weighted by Gasteiger charge is -2.26. The molecular formula is C18H20ClN3O2. The van der Waals surface area contributed by atoms with Crippen LogP contribution in [0.15, 0.2) is 48.5 Å². The van der Waals surface area contributed by atoms with E-state index in [1.54, 1.807) is 12.1 Å². The van der Waals surface area contributed by atoms with Gasteiger partial charge in [0.15, 0.2) is 0 Å². The number of rotatable bonds is 4. The highest BCUT2D eigenvalue weighted by molar-refractivity contribution is 6.41. The Hall–Kier alpha value is -2.53. The van der Waals surface area contributed by atoms with Crippen molar-refractivity contribution in [3.8, 4) is 0 Å². The van der Waals surface area contributed by atoms with Crippen molar-refractivity contribution in [1.29, 1.82) is 0 Å². The zero-order chi connectivity index (χ0) is 17.7. The van der Waals surface area contributed by atoms with Crippen molar-refractivity contribution < 1.29 is 9.59 Å². The van der Waals surface area contributed by atoms with Crippen molar-refractivity contribution in [2.75, 3.05) is 11.1 Å². The van der Waals surface area contributed by atoms with E-state index in [1.165, 1.54) is 11.0 Å². The van der Waals surface area contributed by atoms with Crippen LogP contribution in [0.25, 0.3) is 0 Å².